The molecule has 6 heteroatoms. The lowest BCUT2D eigenvalue weighted by molar-refractivity contribution is -0.118. The number of benzene rings is 2. The molecule has 122 valence electrons. The van der Waals surface area contributed by atoms with Crippen molar-refractivity contribution in [2.75, 3.05) is 11.9 Å². The Bertz CT molecular complexity index is 914. The molecule has 5 nitrogen and oxygen atoms in total. The first kappa shape index (κ1) is 16.1. The average molecular weight is 338 g/mol. The van der Waals surface area contributed by atoms with E-state index in [4.69, 9.17) is 12.2 Å². The summed E-state index contributed by atoms with van der Waals surface area (Å²) in [6.45, 7) is 2.15. The van der Waals surface area contributed by atoms with Crippen molar-refractivity contribution in [1.82, 2.24) is 14.8 Å². The maximum absolute atomic E-state index is 12.6. The van der Waals surface area contributed by atoms with Gasteiger partial charge in [0.25, 0.3) is 0 Å². The van der Waals surface area contributed by atoms with Gasteiger partial charge in [0.05, 0.1) is 0 Å². The lowest BCUT2D eigenvalue weighted by Crippen LogP contribution is -2.30. The number of nitrogens with zero attached hydrogens (tertiary/aromatic N) is 3. The van der Waals surface area contributed by atoms with Gasteiger partial charge in [-0.25, -0.2) is 0 Å². The van der Waals surface area contributed by atoms with Crippen molar-refractivity contribution in [2.45, 2.75) is 13.5 Å². The highest BCUT2D eigenvalue weighted by atomic mass is 32.1. The Balaban J connectivity index is 1.90. The van der Waals surface area contributed by atoms with E-state index in [-0.39, 0.29) is 12.5 Å². The highest BCUT2D eigenvalue weighted by molar-refractivity contribution is 7.71. The molecule has 24 heavy (non-hydrogen) atoms. The topological polar surface area (TPSA) is 53.9 Å². The summed E-state index contributed by atoms with van der Waals surface area (Å²) in [6, 6.07) is 17.5. The van der Waals surface area contributed by atoms with Crippen LogP contribution in [0.15, 0.2) is 54.6 Å². The number of carbonyl (C=O) groups is 1. The van der Waals surface area contributed by atoms with Crippen LogP contribution in [0.1, 0.15) is 5.56 Å². The Labute approximate surface area is 145 Å². The van der Waals surface area contributed by atoms with Crippen LogP contribution in [0.25, 0.3) is 11.4 Å². The zero-order chi connectivity index (χ0) is 17.1. The molecule has 0 unspecified atom stereocenters. The monoisotopic (exact) mass is 338 g/mol. The summed E-state index contributed by atoms with van der Waals surface area (Å²) in [4.78, 5) is 14.3. The zero-order valence-corrected chi connectivity index (χ0v) is 14.4. The fraction of sp³-hybridized carbons (Fsp3) is 0.167. The highest BCUT2D eigenvalue weighted by Gasteiger charge is 2.16. The number of para-hydroxylation sites is 1. The minimum absolute atomic E-state index is 0.0624. The molecule has 0 bridgehead atoms. The molecule has 3 aromatic rings. The van der Waals surface area contributed by atoms with Crippen molar-refractivity contribution in [3.8, 4) is 11.4 Å². The Morgan fingerprint density at radius 1 is 1.21 bits per heavy atom. The smallest absolute Gasteiger partial charge is 0.246 e. The number of amides is 1. The minimum atomic E-state index is -0.0624. The van der Waals surface area contributed by atoms with Crippen LogP contribution in [0.3, 0.4) is 0 Å². The van der Waals surface area contributed by atoms with E-state index in [2.05, 4.69) is 10.2 Å². The van der Waals surface area contributed by atoms with Gasteiger partial charge in [-0.3, -0.25) is 14.5 Å². The van der Waals surface area contributed by atoms with Gasteiger partial charge in [-0.2, -0.15) is 5.10 Å². The molecule has 1 heterocycles. The van der Waals surface area contributed by atoms with Gasteiger partial charge in [-0.1, -0.05) is 42.0 Å². The molecule has 0 aliphatic rings. The third-order valence-corrected chi connectivity index (χ3v) is 4.16. The van der Waals surface area contributed by atoms with Crippen LogP contribution in [0.5, 0.6) is 0 Å². The summed E-state index contributed by atoms with van der Waals surface area (Å²) in [5.74, 6) is 0.603. The van der Waals surface area contributed by atoms with Gasteiger partial charge < -0.3 is 4.90 Å². The summed E-state index contributed by atoms with van der Waals surface area (Å²) < 4.78 is 2.16. The first-order chi connectivity index (χ1) is 11.6. The molecule has 3 rings (SSSR count). The molecular formula is C18H18N4OS. The van der Waals surface area contributed by atoms with E-state index in [0.717, 1.165) is 16.8 Å². The third kappa shape index (κ3) is 3.28. The quantitative estimate of drug-likeness (QED) is 0.740. The standard InChI is InChI=1S/C18H18N4OS/c1-13-7-6-8-14(11-13)17-19-20-18(24)22(17)12-16(23)21(2)15-9-4-3-5-10-15/h3-11H,12H2,1-2H3,(H,20,24). The summed E-state index contributed by atoms with van der Waals surface area (Å²) in [5, 5.41) is 7.07. The van der Waals surface area contributed by atoms with Crippen molar-refractivity contribution in [3.05, 3.63) is 64.9 Å². The lowest BCUT2D eigenvalue weighted by atomic mass is 10.1. The van der Waals surface area contributed by atoms with E-state index in [1.54, 1.807) is 16.5 Å². The SMILES string of the molecule is Cc1cccc(-c2n[nH]c(=S)n2CC(=O)N(C)c2ccccc2)c1. The maximum Gasteiger partial charge on any atom is 0.246 e. The molecule has 0 saturated heterocycles. The number of nitrogens with one attached hydrogen (secondary N) is 1. The van der Waals surface area contributed by atoms with E-state index in [1.165, 1.54) is 0 Å². The number of hydrogen-bond donors (Lipinski definition) is 1. The van der Waals surface area contributed by atoms with Crippen molar-refractivity contribution >= 4 is 23.8 Å². The van der Waals surface area contributed by atoms with Crippen LogP contribution in [-0.2, 0) is 11.3 Å². The average Bonchev–Trinajstić information content (AvgIpc) is 2.95. The van der Waals surface area contributed by atoms with Crippen LogP contribution in [-0.4, -0.2) is 27.7 Å². The Hall–Kier alpha value is -2.73. The second-order valence-electron chi connectivity index (χ2n) is 5.60. The number of carbonyl (C=O) groups excluding carboxylic acids is 1. The zero-order valence-electron chi connectivity index (χ0n) is 13.6. The molecule has 0 spiro atoms. The number of rotatable bonds is 4. The van der Waals surface area contributed by atoms with Gasteiger partial charge in [-0.05, 0) is 37.3 Å². The van der Waals surface area contributed by atoms with Crippen molar-refractivity contribution in [1.29, 1.82) is 0 Å². The Morgan fingerprint density at radius 2 is 1.96 bits per heavy atom. The molecule has 0 aliphatic carbocycles. The minimum Gasteiger partial charge on any atom is -0.314 e. The van der Waals surface area contributed by atoms with Gasteiger partial charge in [0, 0.05) is 18.3 Å². The fourth-order valence-corrected chi connectivity index (χ4v) is 2.70. The predicted octanol–water partition coefficient (Wildman–Crippen LogP) is 3.58. The molecule has 0 radical (unpaired) electrons. The predicted molar refractivity (Wildman–Crippen MR) is 97.4 cm³/mol. The van der Waals surface area contributed by atoms with Crippen LogP contribution >= 0.6 is 12.2 Å². The molecule has 2 aromatic carbocycles. The Kier molecular flexibility index (Phi) is 4.57. The molecule has 0 saturated carbocycles. The van der Waals surface area contributed by atoms with E-state index in [1.807, 2.05) is 61.5 Å². The van der Waals surface area contributed by atoms with Crippen LogP contribution in [0.2, 0.25) is 0 Å². The first-order valence-corrected chi connectivity index (χ1v) is 8.01. The number of hydrogen-bond acceptors (Lipinski definition) is 3. The van der Waals surface area contributed by atoms with Crippen molar-refractivity contribution < 1.29 is 4.79 Å². The molecule has 0 atom stereocenters. The lowest BCUT2D eigenvalue weighted by Gasteiger charge is -2.18. The van der Waals surface area contributed by atoms with E-state index in [9.17, 15) is 4.79 Å². The van der Waals surface area contributed by atoms with Gasteiger partial charge >= 0.3 is 0 Å². The number of aromatic nitrogens is 3. The Morgan fingerprint density at radius 3 is 2.67 bits per heavy atom. The van der Waals surface area contributed by atoms with E-state index >= 15 is 0 Å². The third-order valence-electron chi connectivity index (χ3n) is 3.85. The number of aryl methyl sites for hydroxylation is 1. The molecule has 0 fully saturated rings. The number of H-pyrrole nitrogens is 1. The largest absolute Gasteiger partial charge is 0.314 e. The van der Waals surface area contributed by atoms with E-state index in [0.29, 0.717) is 10.6 Å². The molecule has 0 aliphatic heterocycles. The van der Waals surface area contributed by atoms with Crippen molar-refractivity contribution in [2.24, 2.45) is 0 Å². The van der Waals surface area contributed by atoms with E-state index < -0.39 is 0 Å². The van der Waals surface area contributed by atoms with Gasteiger partial charge in [-0.15, -0.1) is 0 Å². The second kappa shape index (κ2) is 6.80. The van der Waals surface area contributed by atoms with Crippen LogP contribution in [0, 0.1) is 11.7 Å². The van der Waals surface area contributed by atoms with Gasteiger partial charge in [0.15, 0.2) is 10.6 Å². The summed E-state index contributed by atoms with van der Waals surface area (Å²) in [7, 11) is 1.76. The molecular weight excluding hydrogens is 320 g/mol. The molecule has 1 aromatic heterocycles. The molecule has 1 N–H and O–H groups in total. The second-order valence-corrected chi connectivity index (χ2v) is 5.98. The normalized spacial score (nSPS) is 10.6. The van der Waals surface area contributed by atoms with Gasteiger partial charge in [0.1, 0.15) is 6.54 Å². The number of anilines is 1. The van der Waals surface area contributed by atoms with Gasteiger partial charge in [0.2, 0.25) is 5.91 Å². The number of likely N-dealkylation sites (N-methyl/N-ethyl adjacent to an activating group) is 1. The summed E-state index contributed by atoms with van der Waals surface area (Å²) >= 11 is 5.30. The summed E-state index contributed by atoms with van der Waals surface area (Å²) in [6.07, 6.45) is 0. The first-order valence-electron chi connectivity index (χ1n) is 7.60. The molecule has 1 amide bonds. The highest BCUT2D eigenvalue weighted by Crippen LogP contribution is 2.19. The van der Waals surface area contributed by atoms with Crippen LogP contribution < -0.4 is 4.90 Å². The van der Waals surface area contributed by atoms with Crippen LogP contribution in [0.4, 0.5) is 5.69 Å². The number of aromatic amines is 1. The van der Waals surface area contributed by atoms with Crippen molar-refractivity contribution in [3.63, 3.8) is 0 Å². The summed E-state index contributed by atoms with van der Waals surface area (Å²) in [5.41, 5.74) is 2.90. The maximum atomic E-state index is 12.6. The fourth-order valence-electron chi connectivity index (χ4n) is 2.51.